The first kappa shape index (κ1) is 13.4. The number of hydrogen-bond acceptors (Lipinski definition) is 3. The van der Waals surface area contributed by atoms with Crippen LogP contribution in [0.3, 0.4) is 0 Å². The first-order chi connectivity index (χ1) is 7.74. The van der Waals surface area contributed by atoms with Crippen molar-refractivity contribution >= 4 is 21.7 Å². The molecule has 0 heterocycles. The number of alkyl halides is 2. The fraction of sp³-hybridized carbons (Fsp3) is 0.222. The van der Waals surface area contributed by atoms with Crippen LogP contribution >= 0.6 is 0 Å². The summed E-state index contributed by atoms with van der Waals surface area (Å²) in [6, 6.07) is 3.52. The number of carbonyl (C=O) groups is 1. The minimum Gasteiger partial charge on any atom is -0.478 e. The van der Waals surface area contributed by atoms with Crippen LogP contribution in [0.5, 0.6) is 0 Å². The number of halogens is 2. The zero-order chi connectivity index (χ0) is 13.2. The molecule has 0 saturated heterocycles. The molecule has 1 aromatic rings. The van der Waals surface area contributed by atoms with E-state index in [9.17, 15) is 22.0 Å². The van der Waals surface area contributed by atoms with Gasteiger partial charge >= 0.3 is 11.7 Å². The Bertz CT molecular complexity index is 542. The summed E-state index contributed by atoms with van der Waals surface area (Å²) in [5.41, 5.74) is 0.0326. The number of rotatable bonds is 4. The van der Waals surface area contributed by atoms with Crippen LogP contribution < -0.4 is 4.72 Å². The van der Waals surface area contributed by atoms with E-state index in [-0.39, 0.29) is 11.3 Å². The molecule has 2 N–H and O–H groups in total. The van der Waals surface area contributed by atoms with Gasteiger partial charge in [-0.2, -0.15) is 8.78 Å². The fourth-order valence-electron chi connectivity index (χ4n) is 1.12. The molecule has 0 aliphatic heterocycles. The summed E-state index contributed by atoms with van der Waals surface area (Å²) in [6.07, 6.45) is 0. The molecule has 0 saturated carbocycles. The third-order valence-corrected chi connectivity index (χ3v) is 2.95. The molecule has 0 radical (unpaired) electrons. The summed E-state index contributed by atoms with van der Waals surface area (Å²) >= 11 is 0. The Morgan fingerprint density at radius 1 is 1.41 bits per heavy atom. The molecule has 0 aliphatic rings. The summed E-state index contributed by atoms with van der Waals surface area (Å²) in [5, 5.41) is 8.77. The first-order valence-corrected chi connectivity index (χ1v) is 5.92. The van der Waals surface area contributed by atoms with E-state index < -0.39 is 21.8 Å². The Morgan fingerprint density at radius 3 is 2.47 bits per heavy atom. The topological polar surface area (TPSA) is 83.5 Å². The third-order valence-electron chi connectivity index (χ3n) is 1.96. The van der Waals surface area contributed by atoms with E-state index in [4.69, 9.17) is 5.11 Å². The summed E-state index contributed by atoms with van der Waals surface area (Å²) in [7, 11) is -4.78. The van der Waals surface area contributed by atoms with E-state index in [2.05, 4.69) is 0 Å². The Hall–Kier alpha value is -1.70. The zero-order valence-corrected chi connectivity index (χ0v) is 9.46. The molecule has 0 amide bonds. The number of carboxylic acids is 1. The Morgan fingerprint density at radius 2 is 2.00 bits per heavy atom. The second-order valence-corrected chi connectivity index (χ2v) is 4.89. The molecular weight excluding hydrogens is 256 g/mol. The van der Waals surface area contributed by atoms with E-state index in [0.29, 0.717) is 5.56 Å². The van der Waals surface area contributed by atoms with E-state index in [0.717, 1.165) is 6.07 Å². The van der Waals surface area contributed by atoms with Gasteiger partial charge in [-0.15, -0.1) is 0 Å². The Balaban J connectivity index is 3.10. The fourth-order valence-corrected chi connectivity index (χ4v) is 1.67. The number of aromatic carboxylic acids is 1. The van der Waals surface area contributed by atoms with Crippen LogP contribution in [-0.4, -0.2) is 25.3 Å². The molecule has 0 bridgehead atoms. The minimum absolute atomic E-state index is 0.153. The molecule has 0 atom stereocenters. The number of carboxylic acid groups (broad SMARTS) is 1. The lowest BCUT2D eigenvalue weighted by atomic mass is 10.1. The van der Waals surface area contributed by atoms with Crippen LogP contribution in [0.2, 0.25) is 0 Å². The third kappa shape index (κ3) is 3.13. The number of aryl methyl sites for hydroxylation is 1. The van der Waals surface area contributed by atoms with Crippen LogP contribution in [0.4, 0.5) is 14.5 Å². The van der Waals surface area contributed by atoms with Gasteiger partial charge in [0.15, 0.2) is 0 Å². The summed E-state index contributed by atoms with van der Waals surface area (Å²) in [5.74, 6) is -4.84. The van der Waals surface area contributed by atoms with E-state index in [1.807, 2.05) is 0 Å². The predicted molar refractivity (Wildman–Crippen MR) is 56.7 cm³/mol. The summed E-state index contributed by atoms with van der Waals surface area (Å²) < 4.78 is 47.5. The van der Waals surface area contributed by atoms with Crippen molar-refractivity contribution in [2.75, 3.05) is 4.72 Å². The van der Waals surface area contributed by atoms with Crippen LogP contribution in [0, 0.1) is 6.92 Å². The van der Waals surface area contributed by atoms with Gasteiger partial charge < -0.3 is 5.11 Å². The number of nitrogens with one attached hydrogen (secondary N) is 1. The molecule has 8 heteroatoms. The van der Waals surface area contributed by atoms with E-state index in [1.165, 1.54) is 19.1 Å². The standard InChI is InChI=1S/C9H9F2NO4S/c1-5-2-3-6(4-7(5)8(13)14)12-17(15,16)9(10)11/h2-4,9,12H,1H3,(H,13,14). The highest BCUT2D eigenvalue weighted by molar-refractivity contribution is 7.93. The second kappa shape index (κ2) is 4.66. The zero-order valence-electron chi connectivity index (χ0n) is 8.65. The van der Waals surface area contributed by atoms with Crippen molar-refractivity contribution in [3.63, 3.8) is 0 Å². The molecular formula is C9H9F2NO4S. The molecule has 0 aromatic heterocycles. The van der Waals surface area contributed by atoms with Crippen molar-refractivity contribution < 1.29 is 27.1 Å². The average Bonchev–Trinajstić information content (AvgIpc) is 2.20. The Labute approximate surface area is 96.1 Å². The SMILES string of the molecule is Cc1ccc(NS(=O)(=O)C(F)F)cc1C(=O)O. The van der Waals surface area contributed by atoms with Gasteiger partial charge in [0.2, 0.25) is 0 Å². The van der Waals surface area contributed by atoms with Gasteiger partial charge in [-0.3, -0.25) is 4.72 Å². The van der Waals surface area contributed by atoms with Crippen molar-refractivity contribution in [1.82, 2.24) is 0 Å². The van der Waals surface area contributed by atoms with Crippen LogP contribution in [0.15, 0.2) is 18.2 Å². The van der Waals surface area contributed by atoms with Gasteiger partial charge in [0.05, 0.1) is 5.56 Å². The quantitative estimate of drug-likeness (QED) is 0.867. The normalized spacial score (nSPS) is 11.5. The maximum Gasteiger partial charge on any atom is 0.355 e. The van der Waals surface area contributed by atoms with Crippen molar-refractivity contribution in [3.05, 3.63) is 29.3 Å². The molecule has 0 spiro atoms. The lowest BCUT2D eigenvalue weighted by Gasteiger charge is -2.08. The number of anilines is 1. The van der Waals surface area contributed by atoms with E-state index in [1.54, 1.807) is 4.72 Å². The molecule has 1 rings (SSSR count). The summed E-state index contributed by atoms with van der Waals surface area (Å²) in [6.45, 7) is 1.51. The molecule has 1 aromatic carbocycles. The van der Waals surface area contributed by atoms with Crippen molar-refractivity contribution in [3.8, 4) is 0 Å². The summed E-state index contributed by atoms with van der Waals surface area (Å²) in [4.78, 5) is 10.7. The smallest absolute Gasteiger partial charge is 0.355 e. The molecule has 0 fully saturated rings. The highest BCUT2D eigenvalue weighted by Crippen LogP contribution is 2.18. The van der Waals surface area contributed by atoms with Crippen LogP contribution in [0.25, 0.3) is 0 Å². The van der Waals surface area contributed by atoms with Crippen molar-refractivity contribution in [2.24, 2.45) is 0 Å². The second-order valence-electron chi connectivity index (χ2n) is 3.24. The number of benzene rings is 1. The van der Waals surface area contributed by atoms with Crippen LogP contribution in [0.1, 0.15) is 15.9 Å². The van der Waals surface area contributed by atoms with Gasteiger partial charge in [-0.1, -0.05) is 6.07 Å². The minimum atomic E-state index is -4.78. The number of sulfonamides is 1. The van der Waals surface area contributed by atoms with Gasteiger partial charge in [0.25, 0.3) is 10.0 Å². The first-order valence-electron chi connectivity index (χ1n) is 4.38. The molecule has 17 heavy (non-hydrogen) atoms. The number of hydrogen-bond donors (Lipinski definition) is 2. The highest BCUT2D eigenvalue weighted by Gasteiger charge is 2.24. The lowest BCUT2D eigenvalue weighted by molar-refractivity contribution is 0.0696. The van der Waals surface area contributed by atoms with Crippen LogP contribution in [-0.2, 0) is 10.0 Å². The van der Waals surface area contributed by atoms with Gasteiger partial charge in [0, 0.05) is 5.69 Å². The Kier molecular flexibility index (Phi) is 3.66. The molecule has 0 aliphatic carbocycles. The molecule has 5 nitrogen and oxygen atoms in total. The monoisotopic (exact) mass is 265 g/mol. The maximum absolute atomic E-state index is 12.1. The van der Waals surface area contributed by atoms with Gasteiger partial charge in [0.1, 0.15) is 0 Å². The van der Waals surface area contributed by atoms with Gasteiger partial charge in [-0.05, 0) is 24.6 Å². The van der Waals surface area contributed by atoms with Crippen molar-refractivity contribution in [1.29, 1.82) is 0 Å². The average molecular weight is 265 g/mol. The highest BCUT2D eigenvalue weighted by atomic mass is 32.2. The molecule has 0 unspecified atom stereocenters. The predicted octanol–water partition coefficient (Wildman–Crippen LogP) is 1.66. The van der Waals surface area contributed by atoms with Crippen molar-refractivity contribution in [2.45, 2.75) is 12.7 Å². The molecule has 94 valence electrons. The van der Waals surface area contributed by atoms with Gasteiger partial charge in [-0.25, -0.2) is 13.2 Å². The maximum atomic E-state index is 12.1. The lowest BCUT2D eigenvalue weighted by Crippen LogP contribution is -2.20. The largest absolute Gasteiger partial charge is 0.478 e. The van der Waals surface area contributed by atoms with E-state index >= 15 is 0 Å².